The second kappa shape index (κ2) is 6.61. The van der Waals surface area contributed by atoms with E-state index in [0.717, 1.165) is 22.5 Å². The Hall–Kier alpha value is -3.18. The van der Waals surface area contributed by atoms with Gasteiger partial charge in [0.2, 0.25) is 5.78 Å². The van der Waals surface area contributed by atoms with Gasteiger partial charge in [0.1, 0.15) is 0 Å². The lowest BCUT2D eigenvalue weighted by Crippen LogP contribution is -2.12. The molecule has 0 spiro atoms. The molecule has 0 bridgehead atoms. The fraction of sp³-hybridized carbons (Fsp3) is 0.0500. The largest absolute Gasteiger partial charge is 0.322 e. The predicted octanol–water partition coefficient (Wildman–Crippen LogP) is 4.61. The van der Waals surface area contributed by atoms with Crippen LogP contribution >= 0.6 is 11.6 Å². The lowest BCUT2D eigenvalue weighted by molar-refractivity contribution is 0.102. The lowest BCUT2D eigenvalue weighted by Gasteiger charge is -2.10. The number of nitrogens with one attached hydrogen (secondary N) is 1. The molecule has 0 radical (unpaired) electrons. The highest BCUT2D eigenvalue weighted by Gasteiger charge is 2.11. The van der Waals surface area contributed by atoms with Gasteiger partial charge >= 0.3 is 0 Å². The van der Waals surface area contributed by atoms with Crippen LogP contribution in [-0.2, 0) is 0 Å². The van der Waals surface area contributed by atoms with Gasteiger partial charge in [-0.3, -0.25) is 9.20 Å². The Kier molecular flexibility index (Phi) is 4.14. The summed E-state index contributed by atoms with van der Waals surface area (Å²) in [5, 5.41) is 3.48. The van der Waals surface area contributed by atoms with Crippen LogP contribution in [0.1, 0.15) is 15.9 Å². The Morgan fingerprint density at radius 2 is 2.04 bits per heavy atom. The van der Waals surface area contributed by atoms with Crippen LogP contribution in [0.4, 0.5) is 5.69 Å². The van der Waals surface area contributed by atoms with E-state index in [2.05, 4.69) is 15.3 Å². The van der Waals surface area contributed by atoms with Gasteiger partial charge in [-0.1, -0.05) is 29.8 Å². The minimum Gasteiger partial charge on any atom is -0.322 e. The maximum Gasteiger partial charge on any atom is 0.255 e. The normalized spacial score (nSPS) is 10.8. The summed E-state index contributed by atoms with van der Waals surface area (Å²) in [6.07, 6.45) is 5.52. The van der Waals surface area contributed by atoms with Crippen molar-refractivity contribution in [2.75, 3.05) is 5.32 Å². The molecule has 0 unspecified atom stereocenters. The molecule has 26 heavy (non-hydrogen) atoms. The van der Waals surface area contributed by atoms with E-state index in [1.54, 1.807) is 30.5 Å². The molecular formula is C20H15ClN4O. The van der Waals surface area contributed by atoms with Gasteiger partial charge in [0.25, 0.3) is 5.91 Å². The highest BCUT2D eigenvalue weighted by molar-refractivity contribution is 6.31. The highest BCUT2D eigenvalue weighted by Crippen LogP contribution is 2.25. The van der Waals surface area contributed by atoms with Crippen molar-refractivity contribution in [2.24, 2.45) is 0 Å². The fourth-order valence-electron chi connectivity index (χ4n) is 2.71. The molecule has 2 aromatic heterocycles. The number of imidazole rings is 1. The number of hydrogen-bond acceptors (Lipinski definition) is 3. The first-order valence-electron chi connectivity index (χ1n) is 8.08. The van der Waals surface area contributed by atoms with E-state index in [1.807, 2.05) is 48.0 Å². The summed E-state index contributed by atoms with van der Waals surface area (Å²) in [7, 11) is 0. The molecule has 0 saturated carbocycles. The number of rotatable bonds is 3. The monoisotopic (exact) mass is 362 g/mol. The molecule has 1 amide bonds. The molecule has 2 aromatic carbocycles. The lowest BCUT2D eigenvalue weighted by atomic mass is 10.1. The number of aryl methyl sites for hydroxylation is 1. The van der Waals surface area contributed by atoms with Gasteiger partial charge in [-0.15, -0.1) is 0 Å². The molecule has 2 heterocycles. The third-order valence-electron chi connectivity index (χ3n) is 4.10. The molecular weight excluding hydrogens is 348 g/mol. The maximum absolute atomic E-state index is 12.5. The summed E-state index contributed by atoms with van der Waals surface area (Å²) in [5.74, 6) is 0.428. The van der Waals surface area contributed by atoms with Crippen LogP contribution < -0.4 is 5.32 Å². The Bertz CT molecular complexity index is 1090. The minimum atomic E-state index is -0.204. The Morgan fingerprint density at radius 1 is 1.15 bits per heavy atom. The summed E-state index contributed by atoms with van der Waals surface area (Å²) >= 11 is 5.97. The van der Waals surface area contributed by atoms with Gasteiger partial charge in [0.05, 0.1) is 5.69 Å². The number of hydrogen-bond donors (Lipinski definition) is 1. The van der Waals surface area contributed by atoms with E-state index < -0.39 is 0 Å². The van der Waals surface area contributed by atoms with Crippen molar-refractivity contribution in [1.29, 1.82) is 0 Å². The van der Waals surface area contributed by atoms with Gasteiger partial charge in [0.15, 0.2) is 0 Å². The number of benzene rings is 2. The number of halogens is 1. The maximum atomic E-state index is 12.5. The van der Waals surface area contributed by atoms with Gasteiger partial charge in [0, 0.05) is 40.4 Å². The molecule has 0 atom stereocenters. The van der Waals surface area contributed by atoms with E-state index in [4.69, 9.17) is 11.6 Å². The van der Waals surface area contributed by atoms with Gasteiger partial charge in [-0.25, -0.2) is 9.97 Å². The van der Waals surface area contributed by atoms with Crippen LogP contribution in [0.3, 0.4) is 0 Å². The third-order valence-corrected chi connectivity index (χ3v) is 4.34. The standard InChI is InChI=1S/C20H15ClN4O/c1-13-6-7-14(18-12-25-9-3-8-22-20(25)24-18)11-17(13)23-19(26)15-4-2-5-16(21)10-15/h2-12H,1H3,(H,23,26). The second-order valence-electron chi connectivity index (χ2n) is 5.95. The zero-order chi connectivity index (χ0) is 18.1. The minimum absolute atomic E-state index is 0.204. The van der Waals surface area contributed by atoms with Crippen molar-refractivity contribution in [1.82, 2.24) is 14.4 Å². The van der Waals surface area contributed by atoms with E-state index in [1.165, 1.54) is 0 Å². The first-order chi connectivity index (χ1) is 12.6. The van der Waals surface area contributed by atoms with Crippen molar-refractivity contribution >= 4 is 29.0 Å². The summed E-state index contributed by atoms with van der Waals surface area (Å²) in [5.41, 5.74) is 3.91. The van der Waals surface area contributed by atoms with Crippen molar-refractivity contribution in [2.45, 2.75) is 6.92 Å². The van der Waals surface area contributed by atoms with Crippen molar-refractivity contribution in [3.05, 3.63) is 83.3 Å². The molecule has 0 aliphatic heterocycles. The molecule has 0 fully saturated rings. The predicted molar refractivity (Wildman–Crippen MR) is 103 cm³/mol. The smallest absolute Gasteiger partial charge is 0.255 e. The highest BCUT2D eigenvalue weighted by atomic mass is 35.5. The number of carbonyl (C=O) groups excluding carboxylic acids is 1. The van der Waals surface area contributed by atoms with E-state index >= 15 is 0 Å². The number of anilines is 1. The molecule has 0 saturated heterocycles. The van der Waals surface area contributed by atoms with Gasteiger partial charge in [-0.2, -0.15) is 0 Å². The second-order valence-corrected chi connectivity index (χ2v) is 6.38. The molecule has 4 aromatic rings. The zero-order valence-corrected chi connectivity index (χ0v) is 14.7. The van der Waals surface area contributed by atoms with Crippen molar-refractivity contribution in [3.63, 3.8) is 0 Å². The van der Waals surface area contributed by atoms with Crippen LogP contribution in [0.5, 0.6) is 0 Å². The molecule has 128 valence electrons. The first-order valence-corrected chi connectivity index (χ1v) is 8.45. The molecule has 0 aliphatic carbocycles. The molecule has 5 nitrogen and oxygen atoms in total. The number of nitrogens with zero attached hydrogens (tertiary/aromatic N) is 3. The van der Waals surface area contributed by atoms with Crippen LogP contribution in [0.15, 0.2) is 67.1 Å². The zero-order valence-electron chi connectivity index (χ0n) is 14.0. The number of carbonyl (C=O) groups is 1. The number of fused-ring (bicyclic) bond motifs is 1. The van der Waals surface area contributed by atoms with Crippen molar-refractivity contribution < 1.29 is 4.79 Å². The van der Waals surface area contributed by atoms with Crippen molar-refractivity contribution in [3.8, 4) is 11.3 Å². The number of aromatic nitrogens is 3. The van der Waals surface area contributed by atoms with E-state index in [0.29, 0.717) is 16.4 Å². The van der Waals surface area contributed by atoms with Crippen LogP contribution in [0.25, 0.3) is 17.0 Å². The molecule has 4 rings (SSSR count). The van der Waals surface area contributed by atoms with Crippen LogP contribution in [0, 0.1) is 6.92 Å². The third kappa shape index (κ3) is 3.17. The topological polar surface area (TPSA) is 59.3 Å². The van der Waals surface area contributed by atoms with Crippen LogP contribution in [-0.4, -0.2) is 20.3 Å². The average molecular weight is 363 g/mol. The summed E-state index contributed by atoms with van der Waals surface area (Å²) in [4.78, 5) is 21.3. The molecule has 1 N–H and O–H groups in total. The molecule has 6 heteroatoms. The average Bonchev–Trinajstić information content (AvgIpc) is 3.07. The summed E-state index contributed by atoms with van der Waals surface area (Å²) < 4.78 is 1.86. The molecule has 0 aliphatic rings. The summed E-state index contributed by atoms with van der Waals surface area (Å²) in [6, 6.07) is 14.6. The quantitative estimate of drug-likeness (QED) is 0.579. The van der Waals surface area contributed by atoms with Gasteiger partial charge in [-0.05, 0) is 42.8 Å². The Balaban J connectivity index is 1.67. The Morgan fingerprint density at radius 3 is 2.85 bits per heavy atom. The number of amides is 1. The van der Waals surface area contributed by atoms with E-state index in [-0.39, 0.29) is 5.91 Å². The fourth-order valence-corrected chi connectivity index (χ4v) is 2.90. The first kappa shape index (κ1) is 16.3. The SMILES string of the molecule is Cc1ccc(-c2cn3cccnc3n2)cc1NC(=O)c1cccc(Cl)c1. The van der Waals surface area contributed by atoms with E-state index in [9.17, 15) is 4.79 Å². The Labute approximate surface area is 155 Å². The van der Waals surface area contributed by atoms with Crippen LogP contribution in [0.2, 0.25) is 5.02 Å². The van der Waals surface area contributed by atoms with Gasteiger partial charge < -0.3 is 5.32 Å². The summed E-state index contributed by atoms with van der Waals surface area (Å²) in [6.45, 7) is 1.95.